The third kappa shape index (κ3) is 1.28. The number of halogens is 1. The molecule has 0 bridgehead atoms. The SMILES string of the molecule is ClCSc1nnc2ccccn12. The van der Waals surface area contributed by atoms with E-state index in [2.05, 4.69) is 10.2 Å². The normalized spacial score (nSPS) is 10.8. The molecule has 12 heavy (non-hydrogen) atoms. The number of thioether (sulfide) groups is 1. The van der Waals surface area contributed by atoms with Crippen LogP contribution < -0.4 is 0 Å². The Hall–Kier alpha value is -0.740. The lowest BCUT2D eigenvalue weighted by Gasteiger charge is -1.93. The summed E-state index contributed by atoms with van der Waals surface area (Å²) < 4.78 is 1.91. The fourth-order valence-corrected chi connectivity index (χ4v) is 1.75. The van der Waals surface area contributed by atoms with Gasteiger partial charge in [0.2, 0.25) is 0 Å². The van der Waals surface area contributed by atoms with Gasteiger partial charge in [-0.25, -0.2) is 0 Å². The number of rotatable bonds is 2. The second-order valence-electron chi connectivity index (χ2n) is 2.16. The number of alkyl halides is 1. The fraction of sp³-hybridized carbons (Fsp3) is 0.143. The zero-order valence-electron chi connectivity index (χ0n) is 6.14. The molecule has 0 radical (unpaired) electrons. The molecule has 0 atom stereocenters. The zero-order chi connectivity index (χ0) is 8.39. The quantitative estimate of drug-likeness (QED) is 0.548. The van der Waals surface area contributed by atoms with Crippen LogP contribution in [0.4, 0.5) is 0 Å². The largest absolute Gasteiger partial charge is 0.277 e. The van der Waals surface area contributed by atoms with Gasteiger partial charge in [-0.2, -0.15) is 0 Å². The highest BCUT2D eigenvalue weighted by atomic mass is 35.5. The van der Waals surface area contributed by atoms with Gasteiger partial charge in [-0.1, -0.05) is 17.8 Å². The summed E-state index contributed by atoms with van der Waals surface area (Å²) in [6.45, 7) is 0. The molecule has 0 saturated heterocycles. The third-order valence-electron chi connectivity index (χ3n) is 1.47. The van der Waals surface area contributed by atoms with Gasteiger partial charge < -0.3 is 0 Å². The first-order chi connectivity index (χ1) is 5.92. The molecule has 0 amide bonds. The van der Waals surface area contributed by atoms with Crippen molar-refractivity contribution >= 4 is 29.0 Å². The summed E-state index contributed by atoms with van der Waals surface area (Å²) in [5.74, 6) is 0. The average molecular weight is 200 g/mol. The number of nitrogens with zero attached hydrogens (tertiary/aromatic N) is 3. The Kier molecular flexibility index (Phi) is 2.19. The molecule has 0 spiro atoms. The minimum atomic E-state index is 0.496. The lowest BCUT2D eigenvalue weighted by Crippen LogP contribution is -1.84. The van der Waals surface area contributed by atoms with E-state index >= 15 is 0 Å². The maximum Gasteiger partial charge on any atom is 0.196 e. The van der Waals surface area contributed by atoms with Crippen LogP contribution in [0.25, 0.3) is 5.65 Å². The van der Waals surface area contributed by atoms with Crippen molar-refractivity contribution in [3.63, 3.8) is 0 Å². The molecule has 5 heteroatoms. The predicted molar refractivity (Wildman–Crippen MR) is 49.6 cm³/mol. The van der Waals surface area contributed by atoms with Crippen molar-refractivity contribution < 1.29 is 0 Å². The van der Waals surface area contributed by atoms with E-state index < -0.39 is 0 Å². The van der Waals surface area contributed by atoms with Gasteiger partial charge in [0.05, 0.1) is 5.21 Å². The molecular formula is C7H6ClN3S. The fourth-order valence-electron chi connectivity index (χ4n) is 0.967. The van der Waals surface area contributed by atoms with Gasteiger partial charge in [0.1, 0.15) is 0 Å². The molecule has 0 aliphatic heterocycles. The van der Waals surface area contributed by atoms with Crippen LogP contribution in [0, 0.1) is 0 Å². The summed E-state index contributed by atoms with van der Waals surface area (Å²) in [5, 5.41) is 9.28. The lowest BCUT2D eigenvalue weighted by atomic mass is 10.5. The molecule has 2 aromatic rings. The molecule has 62 valence electrons. The molecule has 0 aliphatic rings. The first-order valence-electron chi connectivity index (χ1n) is 3.40. The Morgan fingerprint density at radius 3 is 3.17 bits per heavy atom. The molecule has 3 nitrogen and oxygen atoms in total. The van der Waals surface area contributed by atoms with Gasteiger partial charge in [0, 0.05) is 6.20 Å². The number of fused-ring (bicyclic) bond motifs is 1. The molecule has 0 saturated carbocycles. The highest BCUT2D eigenvalue weighted by molar-refractivity contribution is 8.00. The first kappa shape index (κ1) is 7.89. The molecule has 0 aromatic carbocycles. The number of pyridine rings is 1. The van der Waals surface area contributed by atoms with E-state index in [1.165, 1.54) is 11.8 Å². The number of hydrogen-bond donors (Lipinski definition) is 0. The Morgan fingerprint density at radius 1 is 1.42 bits per heavy atom. The summed E-state index contributed by atoms with van der Waals surface area (Å²) in [6, 6.07) is 5.78. The summed E-state index contributed by atoms with van der Waals surface area (Å²) in [7, 11) is 0. The molecular weight excluding hydrogens is 194 g/mol. The van der Waals surface area contributed by atoms with Gasteiger partial charge >= 0.3 is 0 Å². The van der Waals surface area contributed by atoms with Gasteiger partial charge in [-0.3, -0.25) is 4.40 Å². The van der Waals surface area contributed by atoms with Crippen LogP contribution in [0.2, 0.25) is 0 Å². The van der Waals surface area contributed by atoms with Crippen LogP contribution in [-0.2, 0) is 0 Å². The van der Waals surface area contributed by atoms with E-state index in [-0.39, 0.29) is 0 Å². The third-order valence-corrected chi connectivity index (χ3v) is 2.44. The van der Waals surface area contributed by atoms with Crippen LogP contribution >= 0.6 is 23.4 Å². The van der Waals surface area contributed by atoms with Crippen LogP contribution in [0.3, 0.4) is 0 Å². The molecule has 0 unspecified atom stereocenters. The van der Waals surface area contributed by atoms with Crippen molar-refractivity contribution in [3.05, 3.63) is 24.4 Å². The Balaban J connectivity index is 2.55. The molecule has 0 fully saturated rings. The Morgan fingerprint density at radius 2 is 2.33 bits per heavy atom. The molecule has 2 heterocycles. The van der Waals surface area contributed by atoms with E-state index in [1.807, 2.05) is 28.8 Å². The van der Waals surface area contributed by atoms with Crippen LogP contribution in [0.15, 0.2) is 29.6 Å². The van der Waals surface area contributed by atoms with Crippen LogP contribution in [0.1, 0.15) is 0 Å². The Bertz CT molecular complexity index is 387. The predicted octanol–water partition coefficient (Wildman–Crippen LogP) is 2.02. The van der Waals surface area contributed by atoms with Gasteiger partial charge in [0.15, 0.2) is 10.8 Å². The van der Waals surface area contributed by atoms with E-state index in [0.29, 0.717) is 5.21 Å². The highest BCUT2D eigenvalue weighted by Gasteiger charge is 2.02. The molecule has 0 N–H and O–H groups in total. The van der Waals surface area contributed by atoms with E-state index in [1.54, 1.807) is 0 Å². The second kappa shape index (κ2) is 3.33. The van der Waals surface area contributed by atoms with Crippen molar-refractivity contribution in [1.82, 2.24) is 14.6 Å². The molecule has 2 aromatic heterocycles. The summed E-state index contributed by atoms with van der Waals surface area (Å²) >= 11 is 7.04. The minimum absolute atomic E-state index is 0.496. The molecule has 0 aliphatic carbocycles. The summed E-state index contributed by atoms with van der Waals surface area (Å²) in [4.78, 5) is 0. The van der Waals surface area contributed by atoms with Gasteiger partial charge in [0.25, 0.3) is 0 Å². The highest BCUT2D eigenvalue weighted by Crippen LogP contribution is 2.16. The van der Waals surface area contributed by atoms with Crippen molar-refractivity contribution in [1.29, 1.82) is 0 Å². The zero-order valence-corrected chi connectivity index (χ0v) is 7.72. The first-order valence-corrected chi connectivity index (χ1v) is 4.92. The van der Waals surface area contributed by atoms with E-state index in [0.717, 1.165) is 10.8 Å². The lowest BCUT2D eigenvalue weighted by molar-refractivity contribution is 0.924. The topological polar surface area (TPSA) is 30.2 Å². The average Bonchev–Trinajstić information content (AvgIpc) is 2.50. The number of aromatic nitrogens is 3. The Labute approximate surface area is 78.7 Å². The van der Waals surface area contributed by atoms with E-state index in [4.69, 9.17) is 11.6 Å². The second-order valence-corrected chi connectivity index (χ2v) is 3.69. The number of hydrogen-bond acceptors (Lipinski definition) is 3. The van der Waals surface area contributed by atoms with Crippen molar-refractivity contribution in [2.75, 3.05) is 5.21 Å². The maximum absolute atomic E-state index is 5.58. The van der Waals surface area contributed by atoms with Crippen molar-refractivity contribution in [2.45, 2.75) is 5.16 Å². The van der Waals surface area contributed by atoms with E-state index in [9.17, 15) is 0 Å². The summed E-state index contributed by atoms with van der Waals surface area (Å²) in [6.07, 6.45) is 1.92. The van der Waals surface area contributed by atoms with Crippen molar-refractivity contribution in [3.8, 4) is 0 Å². The minimum Gasteiger partial charge on any atom is -0.277 e. The smallest absolute Gasteiger partial charge is 0.196 e. The maximum atomic E-state index is 5.58. The summed E-state index contributed by atoms with van der Waals surface area (Å²) in [5.41, 5.74) is 0.852. The van der Waals surface area contributed by atoms with Gasteiger partial charge in [-0.15, -0.1) is 21.8 Å². The monoisotopic (exact) mass is 199 g/mol. The van der Waals surface area contributed by atoms with Crippen LogP contribution in [-0.4, -0.2) is 19.8 Å². The van der Waals surface area contributed by atoms with Crippen molar-refractivity contribution in [2.24, 2.45) is 0 Å². The van der Waals surface area contributed by atoms with Crippen LogP contribution in [0.5, 0.6) is 0 Å². The standard InChI is InChI=1S/C7H6ClN3S/c8-5-12-7-10-9-6-3-1-2-4-11(6)7/h1-4H,5H2. The van der Waals surface area contributed by atoms with Gasteiger partial charge in [-0.05, 0) is 12.1 Å². The molecule has 2 rings (SSSR count).